The van der Waals surface area contributed by atoms with Crippen molar-refractivity contribution in [2.45, 2.75) is 5.62 Å². The van der Waals surface area contributed by atoms with E-state index in [1.807, 2.05) is 0 Å². The second-order valence-electron chi connectivity index (χ2n) is 20.2. The van der Waals surface area contributed by atoms with Crippen LogP contribution in [0.5, 0.6) is 0 Å². The molecule has 0 amide bonds. The molecule has 0 spiro atoms. The van der Waals surface area contributed by atoms with E-state index in [1.165, 1.54) is 0 Å². The highest BCUT2D eigenvalue weighted by atomic mass is 13.7. The molecule has 1 atom stereocenters. The minimum atomic E-state index is -1.77. The van der Waals surface area contributed by atoms with Crippen molar-refractivity contribution in [3.8, 4) is 0 Å². The summed E-state index contributed by atoms with van der Waals surface area (Å²) in [7, 11) is 250. The Balaban J connectivity index is 11.9. The van der Waals surface area contributed by atoms with Crippen molar-refractivity contribution in [1.29, 1.82) is 0 Å². The van der Waals surface area contributed by atoms with Gasteiger partial charge in [-0.25, -0.2) is 0 Å². The zero-order valence-corrected chi connectivity index (χ0v) is 41.6. The quantitative estimate of drug-likeness (QED) is 0.0571. The predicted octanol–water partition coefficient (Wildman–Crippen LogP) is -26.7. The smallest absolute Gasteiger partial charge is 0.0294 e. The first-order chi connectivity index (χ1) is 32.7. The lowest BCUT2D eigenvalue weighted by molar-refractivity contribution is 1.80. The molecule has 0 aliphatic carbocycles. The Kier molecular flexibility index (Phi) is 37.3. The van der Waals surface area contributed by atoms with Crippen molar-refractivity contribution in [3.05, 3.63) is 0 Å². The molecule has 1 unspecified atom stereocenters. The van der Waals surface area contributed by atoms with Gasteiger partial charge >= 0.3 is 0 Å². The molecule has 0 rings (SSSR count). The van der Waals surface area contributed by atoms with E-state index in [0.29, 0.717) is 0 Å². The average Bonchev–Trinajstić information content (AvgIpc) is 3.15. The van der Waals surface area contributed by atoms with Gasteiger partial charge < -0.3 is 0 Å². The topological polar surface area (TPSA) is 0 Å². The molecule has 72 heavy (non-hydrogen) atoms. The van der Waals surface area contributed by atoms with E-state index in [1.54, 1.807) is 0 Å². The molecule has 0 aliphatic rings. The third-order valence-corrected chi connectivity index (χ3v) is 15.1. The van der Waals surface area contributed by atoms with Crippen molar-refractivity contribution in [1.82, 2.24) is 0 Å². The van der Waals surface area contributed by atoms with Crippen molar-refractivity contribution >= 4 is 504 Å². The van der Waals surface area contributed by atoms with Gasteiger partial charge in [-0.1, -0.05) is 0 Å². The highest BCUT2D eigenvalue weighted by Crippen LogP contribution is 2.35. The highest BCUT2D eigenvalue weighted by molar-refractivity contribution is 8.28. The van der Waals surface area contributed by atoms with Crippen LogP contribution in [0.3, 0.4) is 0 Å². The molecule has 0 heterocycles. The van der Waals surface area contributed by atoms with E-state index in [2.05, 4.69) is 0 Å². The Morgan fingerprint density at radius 1 is 0.125 bits per heavy atom. The molecule has 0 N–H and O–H groups in total. The van der Waals surface area contributed by atoms with Crippen LogP contribution >= 0.6 is 0 Å². The summed E-state index contributed by atoms with van der Waals surface area (Å²) in [6, 6.07) is 0. The molecule has 0 saturated heterocycles. The third-order valence-electron chi connectivity index (χ3n) is 15.1. The van der Waals surface area contributed by atoms with Gasteiger partial charge in [0.1, 0.15) is 0 Å². The maximum absolute atomic E-state index is 7.13. The Bertz CT molecular complexity index is 1190. The van der Waals surface area contributed by atoms with Crippen molar-refractivity contribution < 1.29 is 0 Å². The first-order valence-electron chi connectivity index (χ1n) is 23.7. The molecule has 0 aromatic heterocycles. The van der Waals surface area contributed by atoms with Gasteiger partial charge in [-0.3, -0.25) is 0 Å². The van der Waals surface area contributed by atoms with Gasteiger partial charge in [0.25, 0.3) is 0 Å². The summed E-state index contributed by atoms with van der Waals surface area (Å²) in [5.41, 5.74) is -1.77. The van der Waals surface area contributed by atoms with E-state index in [4.69, 9.17) is 286 Å². The van der Waals surface area contributed by atoms with Crippen molar-refractivity contribution in [2.24, 2.45) is 0 Å². The maximum atomic E-state index is 7.13. The second-order valence-corrected chi connectivity index (χ2v) is 20.2. The fraction of sp³-hybridized carbons (Fsp3) is 1.00. The van der Waals surface area contributed by atoms with Crippen LogP contribution in [0.1, 0.15) is 0 Å². The molecule has 0 fully saturated rings. The first-order valence-corrected chi connectivity index (χ1v) is 23.7. The minimum Gasteiger partial charge on any atom is -0.146 e. The molecule has 0 bridgehead atoms. The van der Waals surface area contributed by atoms with E-state index in [9.17, 15) is 0 Å². The van der Waals surface area contributed by atoms with Crippen LogP contribution in [0.25, 0.3) is 0 Å². The molecule has 0 aliphatic heterocycles. The largest absolute Gasteiger partial charge is 0.146 e. The number of hydrogen-bond donors (Lipinski definition) is 0. The van der Waals surface area contributed by atoms with Crippen LogP contribution in [-0.4, -0.2) is 504 Å². The summed E-state index contributed by atoms with van der Waals surface area (Å²) in [5, 5.41) is 0. The molecule has 0 nitrogen and oxygen atoms in total. The monoisotopic (exact) mass is 795 g/mol. The predicted molar refractivity (Wildman–Crippen MR) is 412 cm³/mol. The average molecular weight is 781 g/mol. The van der Waals surface area contributed by atoms with Crippen LogP contribution in [0.4, 0.5) is 0 Å². The lowest BCUT2D eigenvalue weighted by Gasteiger charge is -2.61. The van der Waals surface area contributed by atoms with Crippen LogP contribution in [0.15, 0.2) is 0 Å². The Morgan fingerprint density at radius 2 is 0.250 bits per heavy atom. The lowest BCUT2D eigenvalue weighted by Crippen LogP contribution is -2.93. The van der Waals surface area contributed by atoms with E-state index < -0.39 is 223 Å². The van der Waals surface area contributed by atoms with E-state index >= 15 is 0 Å². The van der Waals surface area contributed by atoms with Crippen LogP contribution in [0, 0.1) is 0 Å². The van der Waals surface area contributed by atoms with Gasteiger partial charge in [-0.15, -0.1) is 5.62 Å². The van der Waals surface area contributed by atoms with E-state index in [-0.39, 0.29) is 0 Å². The number of rotatable bonds is 34. The zero-order chi connectivity index (χ0) is 57.2. The summed E-state index contributed by atoms with van der Waals surface area (Å²) in [4.78, 5) is 0. The Hall–Kier alpha value is 4.61. The van der Waals surface area contributed by atoms with Gasteiger partial charge in [-0.05, 0) is 0 Å². The lowest BCUT2D eigenvalue weighted by atomic mass is 8.29. The van der Waals surface area contributed by atoms with Crippen molar-refractivity contribution in [3.63, 3.8) is 0 Å². The van der Waals surface area contributed by atoms with Gasteiger partial charge in [-0.2, -0.15) is 0 Å². The van der Waals surface area contributed by atoms with Gasteiger partial charge in [0.05, 0.1) is 0 Å². The molecule has 218 valence electrons. The van der Waals surface area contributed by atoms with Gasteiger partial charge in [0.15, 0.2) is 0 Å². The SMILES string of the molecule is [B]B([B])B([B])B(B([B])[B])B(B(B(B([B])[B])B([B])[B])B(B([B])[B])B([B])[B])C(B(B(B([B])[B])B([B])[B])B(B([B])[B])B([B])[B])B(B(B(B([B])[B])B([B])[B])B(B([B])[B])B([B])[B])B(B(B([B])[B])B([B])[B])B(B([B])[B])B([B])[B]. The van der Waals surface area contributed by atoms with Crippen molar-refractivity contribution in [2.75, 3.05) is 0 Å². The summed E-state index contributed by atoms with van der Waals surface area (Å²) in [6.07, 6.45) is -48.6. The van der Waals surface area contributed by atoms with Crippen LogP contribution in [-0.2, 0) is 0 Å². The van der Waals surface area contributed by atoms with Crippen LogP contribution in [0.2, 0.25) is 5.62 Å². The zero-order valence-electron chi connectivity index (χ0n) is 41.6. The molecule has 0 saturated carbocycles. The standard InChI is InChI=1S/CHB71/c2-42(3)60(38)63(47(12)13)40(64(67(48(14)15)49(16)17)68(50(18)19)51(20)21)1(39(61(43(4)5)44(6)7)62(45(8)9)46(10)11)41(65(69(52(22)23)53(24)25)70(54(26)27)55(28)29)66(71(56(30)31)57(32)33)72(58(34)35)59(36)37/h1H. The summed E-state index contributed by atoms with van der Waals surface area (Å²) in [6.45, 7) is -5.07. The van der Waals surface area contributed by atoms with Gasteiger partial charge in [0, 0.05) is 504 Å². The summed E-state index contributed by atoms with van der Waals surface area (Å²) >= 11 is 0. The highest BCUT2D eigenvalue weighted by Gasteiger charge is 2.64. The van der Waals surface area contributed by atoms with Gasteiger partial charge in [0.2, 0.25) is 0 Å². The molecular weight excluding hydrogens is 780 g/mol. The van der Waals surface area contributed by atoms with E-state index in [0.717, 1.165) is 0 Å². The fourth-order valence-electron chi connectivity index (χ4n) is 12.6. The third kappa shape index (κ3) is 20.4. The maximum Gasteiger partial charge on any atom is 0.0294 e. The Labute approximate surface area is 504 Å². The molecule has 0 aromatic carbocycles. The summed E-state index contributed by atoms with van der Waals surface area (Å²) in [5.74, 6) is 0. The molecular formula is CHB71. The summed E-state index contributed by atoms with van der Waals surface area (Å²) < 4.78 is 0. The second kappa shape index (κ2) is 35.0. The first kappa shape index (κ1) is 76.6. The minimum absolute atomic E-state index is 1.47. The molecule has 74 radical (unpaired) electrons. The number of hydrogen-bond acceptors (Lipinski definition) is 0. The molecule has 0 aromatic rings. The Morgan fingerprint density at radius 3 is 0.375 bits per heavy atom. The normalized spacial score (nSPS) is 10.3. The molecule has 71 heteroatoms. The van der Waals surface area contributed by atoms with Crippen LogP contribution < -0.4 is 0 Å². The fourth-order valence-corrected chi connectivity index (χ4v) is 12.6.